The van der Waals surface area contributed by atoms with Crippen LogP contribution >= 0.6 is 0 Å². The van der Waals surface area contributed by atoms with Gasteiger partial charge in [-0.3, -0.25) is 0 Å². The minimum Gasteiger partial charge on any atom is -0.456 e. The summed E-state index contributed by atoms with van der Waals surface area (Å²) in [6.45, 7) is 0. The van der Waals surface area contributed by atoms with E-state index in [-0.39, 0.29) is 0 Å². The summed E-state index contributed by atoms with van der Waals surface area (Å²) in [5.41, 5.74) is 11.6. The van der Waals surface area contributed by atoms with Crippen LogP contribution < -0.4 is 0 Å². The summed E-state index contributed by atoms with van der Waals surface area (Å²) in [4.78, 5) is 0. The van der Waals surface area contributed by atoms with E-state index in [9.17, 15) is 0 Å². The lowest BCUT2D eigenvalue weighted by Crippen LogP contribution is -1.89. The van der Waals surface area contributed by atoms with E-state index in [2.05, 4.69) is 231 Å². The molecule has 1 nitrogen and oxygen atoms in total. The van der Waals surface area contributed by atoms with Crippen molar-refractivity contribution in [1.82, 2.24) is 0 Å². The van der Waals surface area contributed by atoms with Gasteiger partial charge < -0.3 is 4.42 Å². The minimum absolute atomic E-state index is 0.917. The Bertz CT molecular complexity index is 4650. The molecule has 1 heterocycles. The number of furan rings is 1. The van der Waals surface area contributed by atoms with Crippen molar-refractivity contribution in [3.05, 3.63) is 243 Å². The predicted molar refractivity (Wildman–Crippen MR) is 296 cm³/mol. The van der Waals surface area contributed by atoms with Crippen molar-refractivity contribution in [3.63, 3.8) is 0 Å². The quantitative estimate of drug-likeness (QED) is 0.161. The summed E-state index contributed by atoms with van der Waals surface area (Å²) in [6.07, 6.45) is 0. The summed E-state index contributed by atoms with van der Waals surface area (Å²) < 4.78 is 6.12. The molecule has 0 N–H and O–H groups in total. The molecule has 1 heteroatoms. The van der Waals surface area contributed by atoms with Gasteiger partial charge in [0.15, 0.2) is 0 Å². The fourth-order valence-corrected chi connectivity index (χ4v) is 11.6. The predicted octanol–water partition coefficient (Wildman–Crippen LogP) is 19.5. The van der Waals surface area contributed by atoms with E-state index in [0.717, 1.165) is 21.9 Å². The molecular formula is C68H40O. The molecule has 0 unspecified atom stereocenters. The van der Waals surface area contributed by atoms with E-state index in [1.807, 2.05) is 12.1 Å². The number of hydrogen-bond acceptors (Lipinski definition) is 1. The van der Waals surface area contributed by atoms with E-state index < -0.39 is 0 Å². The van der Waals surface area contributed by atoms with Crippen LogP contribution in [-0.2, 0) is 0 Å². The average molecular weight is 873 g/mol. The minimum atomic E-state index is 0.917. The molecular weight excluding hydrogens is 833 g/mol. The zero-order valence-corrected chi connectivity index (χ0v) is 37.5. The van der Waals surface area contributed by atoms with Crippen LogP contribution in [0.4, 0.5) is 0 Å². The van der Waals surface area contributed by atoms with Gasteiger partial charge in [-0.2, -0.15) is 0 Å². The van der Waals surface area contributed by atoms with Crippen LogP contribution in [0.1, 0.15) is 0 Å². The van der Waals surface area contributed by atoms with Gasteiger partial charge in [0.05, 0.1) is 0 Å². The van der Waals surface area contributed by atoms with Crippen molar-refractivity contribution in [2.45, 2.75) is 0 Å². The second-order valence-corrected chi connectivity index (χ2v) is 18.7. The van der Waals surface area contributed by atoms with Gasteiger partial charge in [0.2, 0.25) is 0 Å². The Balaban J connectivity index is 0.862. The Morgan fingerprint density at radius 3 is 1.45 bits per heavy atom. The van der Waals surface area contributed by atoms with Gasteiger partial charge in [-0.1, -0.05) is 200 Å². The molecule has 0 aliphatic carbocycles. The molecule has 0 atom stereocenters. The lowest BCUT2D eigenvalue weighted by molar-refractivity contribution is 0.669. The molecule has 0 radical (unpaired) electrons. The Kier molecular flexibility index (Phi) is 8.13. The maximum Gasteiger partial charge on any atom is 0.135 e. The normalized spacial score (nSPS) is 12.1. The van der Waals surface area contributed by atoms with Crippen LogP contribution in [0.25, 0.3) is 153 Å². The number of benzene rings is 14. The number of para-hydroxylation sites is 1. The van der Waals surface area contributed by atoms with Crippen molar-refractivity contribution < 1.29 is 4.42 Å². The Morgan fingerprint density at radius 1 is 0.188 bits per heavy atom. The van der Waals surface area contributed by atoms with Gasteiger partial charge in [-0.25, -0.2) is 0 Å². The van der Waals surface area contributed by atoms with E-state index in [1.165, 1.54) is 131 Å². The molecule has 0 fully saturated rings. The van der Waals surface area contributed by atoms with Crippen molar-refractivity contribution in [1.29, 1.82) is 0 Å². The van der Waals surface area contributed by atoms with Crippen molar-refractivity contribution in [2.24, 2.45) is 0 Å². The highest BCUT2D eigenvalue weighted by Gasteiger charge is 2.17. The third-order valence-electron chi connectivity index (χ3n) is 15.0. The molecule has 0 aliphatic rings. The standard InChI is InChI=1S/C68H40O/c1-2-9-48-36-51(29-20-41(48)8-1)60-40-53-31-27-47-26-22-45-24-30-52(39-62(45)67(47)68(53)59-12-4-3-10-55(59)60)54-13-7-14-58-56(54)34-32-46-25-21-44-23-28-49(37-61(44)66(46)58)42-16-18-43(19-17-42)50-33-35-65-63(38-50)57-11-5-6-15-64(57)69-65/h1-40H. The molecule has 0 saturated heterocycles. The van der Waals surface area contributed by atoms with Gasteiger partial charge in [0.25, 0.3) is 0 Å². The lowest BCUT2D eigenvalue weighted by Gasteiger charge is -2.16. The lowest BCUT2D eigenvalue weighted by atomic mass is 9.87. The number of fused-ring (bicyclic) bond motifs is 16. The summed E-state index contributed by atoms with van der Waals surface area (Å²) >= 11 is 0. The topological polar surface area (TPSA) is 13.1 Å². The third kappa shape index (κ3) is 5.91. The maximum atomic E-state index is 6.12. The Labute approximate surface area is 397 Å². The molecule has 14 aromatic carbocycles. The average Bonchev–Trinajstić information content (AvgIpc) is 3.80. The van der Waals surface area contributed by atoms with Crippen LogP contribution in [0.15, 0.2) is 247 Å². The molecule has 15 rings (SSSR count). The van der Waals surface area contributed by atoms with Crippen molar-refractivity contribution >= 4 is 108 Å². The molecule has 0 aliphatic heterocycles. The van der Waals surface area contributed by atoms with Crippen LogP contribution in [0, 0.1) is 0 Å². The van der Waals surface area contributed by atoms with E-state index >= 15 is 0 Å². The van der Waals surface area contributed by atoms with Crippen molar-refractivity contribution in [2.75, 3.05) is 0 Å². The Morgan fingerprint density at radius 2 is 0.652 bits per heavy atom. The fraction of sp³-hybridized carbons (Fsp3) is 0. The highest BCUT2D eigenvalue weighted by atomic mass is 16.3. The fourth-order valence-electron chi connectivity index (χ4n) is 11.6. The second kappa shape index (κ2) is 14.7. The molecule has 0 amide bonds. The number of rotatable bonds is 4. The highest BCUT2D eigenvalue weighted by Crippen LogP contribution is 2.44. The molecule has 318 valence electrons. The van der Waals surface area contributed by atoms with Crippen molar-refractivity contribution in [3.8, 4) is 44.5 Å². The molecule has 0 spiro atoms. The van der Waals surface area contributed by atoms with Crippen LogP contribution in [-0.4, -0.2) is 0 Å². The van der Waals surface area contributed by atoms with Gasteiger partial charge in [-0.15, -0.1) is 0 Å². The molecule has 0 bridgehead atoms. The van der Waals surface area contributed by atoms with E-state index in [4.69, 9.17) is 4.42 Å². The molecule has 15 aromatic rings. The highest BCUT2D eigenvalue weighted by molar-refractivity contribution is 6.30. The van der Waals surface area contributed by atoms with E-state index in [0.29, 0.717) is 0 Å². The van der Waals surface area contributed by atoms with Gasteiger partial charge in [-0.05, 0) is 173 Å². The number of hydrogen-bond donors (Lipinski definition) is 0. The van der Waals surface area contributed by atoms with Gasteiger partial charge >= 0.3 is 0 Å². The second-order valence-electron chi connectivity index (χ2n) is 18.7. The van der Waals surface area contributed by atoms with Crippen LogP contribution in [0.3, 0.4) is 0 Å². The van der Waals surface area contributed by atoms with E-state index in [1.54, 1.807) is 0 Å². The first-order valence-electron chi connectivity index (χ1n) is 23.9. The summed E-state index contributed by atoms with van der Waals surface area (Å²) in [7, 11) is 0. The summed E-state index contributed by atoms with van der Waals surface area (Å²) in [6, 6.07) is 89.9. The summed E-state index contributed by atoms with van der Waals surface area (Å²) in [5.74, 6) is 0. The first-order valence-corrected chi connectivity index (χ1v) is 23.9. The SMILES string of the molecule is c1ccc2cc(-c3cc4ccc5ccc6ccc(-c7cccc8c7ccc7ccc9ccc(-c%10ccc(-c%11ccc%12oc%13ccccc%13c%12c%11)cc%10)cc9c78)cc6c5c4c4ccccc34)ccc2c1. The first-order chi connectivity index (χ1) is 34.2. The van der Waals surface area contributed by atoms with Crippen LogP contribution in [0.5, 0.6) is 0 Å². The molecule has 69 heavy (non-hydrogen) atoms. The third-order valence-corrected chi connectivity index (χ3v) is 15.0. The molecule has 1 aromatic heterocycles. The smallest absolute Gasteiger partial charge is 0.135 e. The van der Waals surface area contributed by atoms with Gasteiger partial charge in [0.1, 0.15) is 11.2 Å². The van der Waals surface area contributed by atoms with Crippen LogP contribution in [0.2, 0.25) is 0 Å². The maximum absolute atomic E-state index is 6.12. The largest absolute Gasteiger partial charge is 0.456 e. The zero-order valence-electron chi connectivity index (χ0n) is 37.5. The first kappa shape index (κ1) is 38.1. The van der Waals surface area contributed by atoms with Gasteiger partial charge in [0, 0.05) is 10.8 Å². The molecule has 0 saturated carbocycles. The summed E-state index contributed by atoms with van der Waals surface area (Å²) in [5, 5.41) is 22.5. The monoisotopic (exact) mass is 872 g/mol. The zero-order chi connectivity index (χ0) is 45.2. The Hall–Kier alpha value is -9.04.